The third-order valence-electron chi connectivity index (χ3n) is 7.42. The van der Waals surface area contributed by atoms with Gasteiger partial charge < -0.3 is 31.3 Å². The first-order chi connectivity index (χ1) is 16.5. The summed E-state index contributed by atoms with van der Waals surface area (Å²) in [5.74, 6) is -8.99. The fourth-order valence-electron chi connectivity index (χ4n) is 5.82. The molecular formula is C25H22N2O8. The van der Waals surface area contributed by atoms with Crippen LogP contribution in [0.25, 0.3) is 17.0 Å². The van der Waals surface area contributed by atoms with Gasteiger partial charge in [0.15, 0.2) is 11.4 Å². The number of aliphatic hydroxyl groups is 4. The highest BCUT2D eigenvalue weighted by molar-refractivity contribution is 6.23. The van der Waals surface area contributed by atoms with Crippen LogP contribution in [0.4, 0.5) is 0 Å². The zero-order valence-electron chi connectivity index (χ0n) is 18.5. The van der Waals surface area contributed by atoms with Crippen LogP contribution in [0.3, 0.4) is 0 Å². The number of rotatable bonds is 2. The number of ketones is 2. The van der Waals surface area contributed by atoms with E-state index in [-0.39, 0.29) is 11.3 Å². The molecule has 7 N–H and O–H groups in total. The van der Waals surface area contributed by atoms with Crippen LogP contribution < -0.4 is 5.73 Å². The average Bonchev–Trinajstić information content (AvgIpc) is 2.82. The van der Waals surface area contributed by atoms with E-state index in [0.717, 1.165) is 0 Å². The Kier molecular flexibility index (Phi) is 4.87. The number of primary amides is 1. The number of aromatic nitrogens is 1. The minimum Gasteiger partial charge on any atom is -0.508 e. The zero-order valence-corrected chi connectivity index (χ0v) is 18.5. The molecule has 1 amide bonds. The predicted molar refractivity (Wildman–Crippen MR) is 121 cm³/mol. The predicted octanol–water partition coefficient (Wildman–Crippen LogP) is 1.02. The molecular weight excluding hydrogens is 456 g/mol. The van der Waals surface area contributed by atoms with Gasteiger partial charge in [0.1, 0.15) is 22.8 Å². The van der Waals surface area contributed by atoms with Crippen LogP contribution in [-0.4, -0.2) is 59.7 Å². The summed E-state index contributed by atoms with van der Waals surface area (Å²) in [7, 11) is 0. The van der Waals surface area contributed by atoms with E-state index >= 15 is 0 Å². The molecule has 0 bridgehead atoms. The second-order valence-electron chi connectivity index (χ2n) is 9.12. The van der Waals surface area contributed by atoms with Crippen molar-refractivity contribution >= 4 is 23.2 Å². The van der Waals surface area contributed by atoms with Crippen molar-refractivity contribution in [1.82, 2.24) is 4.98 Å². The number of phenols is 1. The van der Waals surface area contributed by atoms with E-state index < -0.39 is 76.0 Å². The van der Waals surface area contributed by atoms with Gasteiger partial charge in [-0.3, -0.25) is 19.4 Å². The molecule has 5 rings (SSSR count). The summed E-state index contributed by atoms with van der Waals surface area (Å²) in [6, 6.07) is 8.14. The van der Waals surface area contributed by atoms with Crippen LogP contribution in [0, 0.1) is 11.8 Å². The fraction of sp³-hybridized carbons (Fsp3) is 0.280. The zero-order chi connectivity index (χ0) is 25.4. The Balaban J connectivity index is 1.80. The highest BCUT2D eigenvalue weighted by Gasteiger charge is 2.65. The number of carbonyl (C=O) groups excluding carboxylic acids is 3. The molecule has 0 spiro atoms. The topological polar surface area (TPSA) is 191 Å². The molecule has 0 saturated heterocycles. The molecule has 10 heteroatoms. The van der Waals surface area contributed by atoms with Gasteiger partial charge in [-0.15, -0.1) is 0 Å². The van der Waals surface area contributed by atoms with Gasteiger partial charge in [0.05, 0.1) is 17.4 Å². The van der Waals surface area contributed by atoms with Crippen molar-refractivity contribution in [2.24, 2.45) is 17.6 Å². The summed E-state index contributed by atoms with van der Waals surface area (Å²) < 4.78 is 0. The Labute approximate surface area is 198 Å². The number of Topliss-reactive ketones (excluding diaryl/α,β-unsaturated/α-hetero) is 2. The van der Waals surface area contributed by atoms with Crippen LogP contribution in [0.5, 0.6) is 5.75 Å². The number of pyridine rings is 1. The number of amides is 1. The molecule has 0 radical (unpaired) electrons. The molecule has 2 aromatic rings. The molecule has 0 unspecified atom stereocenters. The van der Waals surface area contributed by atoms with Gasteiger partial charge in [0.25, 0.3) is 5.91 Å². The van der Waals surface area contributed by atoms with E-state index in [0.29, 0.717) is 16.8 Å². The molecule has 0 aliphatic heterocycles. The maximum absolute atomic E-state index is 13.6. The van der Waals surface area contributed by atoms with Crippen molar-refractivity contribution in [1.29, 1.82) is 0 Å². The molecule has 10 nitrogen and oxygen atoms in total. The lowest BCUT2D eigenvalue weighted by Crippen LogP contribution is -2.63. The minimum atomic E-state index is -2.86. The number of nitrogens with zero attached hydrogens (tertiary/aromatic N) is 1. The summed E-state index contributed by atoms with van der Waals surface area (Å²) in [5, 5.41) is 55.2. The third kappa shape index (κ3) is 2.84. The Morgan fingerprint density at radius 3 is 2.49 bits per heavy atom. The lowest BCUT2D eigenvalue weighted by Gasteiger charge is -2.50. The highest BCUT2D eigenvalue weighted by atomic mass is 16.4. The van der Waals surface area contributed by atoms with Crippen LogP contribution in [-0.2, 0) is 14.4 Å². The number of benzene rings is 1. The summed E-state index contributed by atoms with van der Waals surface area (Å²) in [6.45, 7) is 1.68. The average molecular weight is 478 g/mol. The van der Waals surface area contributed by atoms with Crippen molar-refractivity contribution in [3.8, 4) is 17.0 Å². The van der Waals surface area contributed by atoms with E-state index in [2.05, 4.69) is 4.98 Å². The van der Waals surface area contributed by atoms with E-state index in [1.165, 1.54) is 6.07 Å². The molecule has 5 atom stereocenters. The SMILES string of the molecule is C[C@H]1c2c(-c3ccccn3)ccc(O)c2C(O)=C2C(=O)[C@]3(O)C(O)=C(C(N)=O)C(=O)C[C@@H]3[C@@H](O)[C@@H]21. The first-order valence-electron chi connectivity index (χ1n) is 10.9. The number of aromatic hydroxyl groups is 1. The summed E-state index contributed by atoms with van der Waals surface area (Å²) >= 11 is 0. The van der Waals surface area contributed by atoms with E-state index in [9.17, 15) is 39.9 Å². The molecule has 3 aliphatic carbocycles. The number of carbonyl (C=O) groups is 3. The number of fused-ring (bicyclic) bond motifs is 3. The number of hydrogen-bond acceptors (Lipinski definition) is 9. The normalized spacial score (nSPS) is 30.0. The van der Waals surface area contributed by atoms with Crippen molar-refractivity contribution in [2.45, 2.75) is 31.0 Å². The molecule has 1 aromatic carbocycles. The van der Waals surface area contributed by atoms with Gasteiger partial charge in [-0.1, -0.05) is 13.0 Å². The Morgan fingerprint density at radius 1 is 1.14 bits per heavy atom. The molecule has 1 fully saturated rings. The number of nitrogens with two attached hydrogens (primary N) is 1. The summed E-state index contributed by atoms with van der Waals surface area (Å²) in [6.07, 6.45) is -0.637. The lowest BCUT2D eigenvalue weighted by atomic mass is 9.55. The minimum absolute atomic E-state index is 0.0695. The first kappa shape index (κ1) is 22.8. The van der Waals surface area contributed by atoms with Crippen molar-refractivity contribution in [3.63, 3.8) is 0 Å². The van der Waals surface area contributed by atoms with Crippen LogP contribution in [0.1, 0.15) is 30.4 Å². The second-order valence-corrected chi connectivity index (χ2v) is 9.12. The number of aliphatic hydroxyl groups excluding tert-OH is 3. The monoisotopic (exact) mass is 478 g/mol. The second kappa shape index (κ2) is 7.49. The molecule has 1 heterocycles. The van der Waals surface area contributed by atoms with Gasteiger partial charge in [-0.25, -0.2) is 0 Å². The van der Waals surface area contributed by atoms with Crippen molar-refractivity contribution in [3.05, 3.63) is 64.6 Å². The Morgan fingerprint density at radius 2 is 1.86 bits per heavy atom. The Hall–Kier alpha value is -4.02. The highest BCUT2D eigenvalue weighted by Crippen LogP contribution is 2.56. The van der Waals surface area contributed by atoms with Crippen LogP contribution >= 0.6 is 0 Å². The van der Waals surface area contributed by atoms with E-state index in [1.54, 1.807) is 37.4 Å². The van der Waals surface area contributed by atoms with Crippen LogP contribution in [0.2, 0.25) is 0 Å². The van der Waals surface area contributed by atoms with E-state index in [4.69, 9.17) is 5.73 Å². The standard InChI is InChI=1S/C25H22N2O8/c1-9-15-10(12-4-2-3-7-27-12)5-6-13(28)17(15)21(31)19-16(9)20(30)11-8-14(29)18(24(26)34)22(32)25(11,35)23(19)33/h2-7,9,11,16,20,28,30-32,35H,8H2,1H3,(H2,26,34)/t9-,11+,16+,20+,25+/m0/s1. The lowest BCUT2D eigenvalue weighted by molar-refractivity contribution is -0.160. The van der Waals surface area contributed by atoms with Crippen LogP contribution in [0.15, 0.2) is 53.4 Å². The van der Waals surface area contributed by atoms with Crippen molar-refractivity contribution in [2.75, 3.05) is 0 Å². The first-order valence-corrected chi connectivity index (χ1v) is 10.9. The molecule has 3 aliphatic rings. The maximum atomic E-state index is 13.6. The largest absolute Gasteiger partial charge is 0.508 e. The van der Waals surface area contributed by atoms with Gasteiger partial charge >= 0.3 is 0 Å². The smallest absolute Gasteiger partial charge is 0.255 e. The molecule has 35 heavy (non-hydrogen) atoms. The summed E-state index contributed by atoms with van der Waals surface area (Å²) in [4.78, 5) is 42.3. The quantitative estimate of drug-likeness (QED) is 0.342. The Bertz CT molecular complexity index is 1380. The number of phenolic OH excluding ortho intramolecular Hbond substituents is 1. The van der Waals surface area contributed by atoms with Gasteiger partial charge in [-0.05, 0) is 35.7 Å². The number of hydrogen-bond donors (Lipinski definition) is 6. The van der Waals surface area contributed by atoms with Gasteiger partial charge in [-0.2, -0.15) is 0 Å². The van der Waals surface area contributed by atoms with Gasteiger partial charge in [0.2, 0.25) is 5.78 Å². The third-order valence-corrected chi connectivity index (χ3v) is 7.42. The summed E-state index contributed by atoms with van der Waals surface area (Å²) in [5.41, 5.74) is 2.41. The van der Waals surface area contributed by atoms with Crippen molar-refractivity contribution < 1.29 is 39.9 Å². The molecule has 1 aromatic heterocycles. The molecule has 1 saturated carbocycles. The van der Waals surface area contributed by atoms with Gasteiger partial charge in [0, 0.05) is 35.6 Å². The maximum Gasteiger partial charge on any atom is 0.255 e. The fourth-order valence-corrected chi connectivity index (χ4v) is 5.82. The molecule has 180 valence electrons. The van der Waals surface area contributed by atoms with E-state index in [1.807, 2.05) is 0 Å².